The van der Waals surface area contributed by atoms with Gasteiger partial charge in [0.2, 0.25) is 5.91 Å². The number of thioether (sulfide) groups is 1. The van der Waals surface area contributed by atoms with Crippen LogP contribution in [0.1, 0.15) is 18.1 Å². The van der Waals surface area contributed by atoms with Crippen molar-refractivity contribution < 1.29 is 14.3 Å². The minimum atomic E-state index is -0.127. The summed E-state index contributed by atoms with van der Waals surface area (Å²) in [5.41, 5.74) is 3.88. The van der Waals surface area contributed by atoms with Crippen LogP contribution in [0, 0.1) is 0 Å². The minimum absolute atomic E-state index is 0.0769. The lowest BCUT2D eigenvalue weighted by molar-refractivity contribution is -0.135. The Morgan fingerprint density at radius 3 is 2.62 bits per heavy atom. The second-order valence-electron chi connectivity index (χ2n) is 8.23. The van der Waals surface area contributed by atoms with Gasteiger partial charge in [-0.05, 0) is 30.2 Å². The number of thiocarbonyl (C=S) groups is 1. The Bertz CT molecular complexity index is 1290. The molecular formula is C26H25N3O3S2. The molecule has 8 heteroatoms. The highest BCUT2D eigenvalue weighted by Gasteiger charge is 2.33. The van der Waals surface area contributed by atoms with Crippen LogP contribution in [0.15, 0.2) is 59.6 Å². The molecule has 0 aliphatic carbocycles. The summed E-state index contributed by atoms with van der Waals surface area (Å²) < 4.78 is 7.93. The van der Waals surface area contributed by atoms with Gasteiger partial charge in [0.25, 0.3) is 5.91 Å². The van der Waals surface area contributed by atoms with E-state index in [1.165, 1.54) is 17.3 Å². The van der Waals surface area contributed by atoms with E-state index >= 15 is 0 Å². The van der Waals surface area contributed by atoms with Gasteiger partial charge in [0.1, 0.15) is 6.54 Å². The summed E-state index contributed by atoms with van der Waals surface area (Å²) in [5, 5.41) is 1.03. The highest BCUT2D eigenvalue weighted by Crippen LogP contribution is 2.37. The second-order valence-corrected chi connectivity index (χ2v) is 9.90. The standard InChI is InChI=1S/C26H25N3O3S2/c1-2-18-7-6-10-21-19(16-28(24(18)21)17-23(30)27-11-13-32-14-12-27)15-22-25(31)29(26(33)34-22)20-8-4-3-5-9-20/h3-10,15-16H,2,11-14,17H2,1H3/b22-15+. The number of anilines is 1. The Morgan fingerprint density at radius 2 is 1.88 bits per heavy atom. The molecule has 2 aromatic carbocycles. The molecule has 0 saturated carbocycles. The molecule has 2 fully saturated rings. The summed E-state index contributed by atoms with van der Waals surface area (Å²) in [6.45, 7) is 4.76. The van der Waals surface area contributed by atoms with Crippen molar-refractivity contribution in [2.24, 2.45) is 0 Å². The van der Waals surface area contributed by atoms with Gasteiger partial charge in [0.05, 0.1) is 29.3 Å². The highest BCUT2D eigenvalue weighted by atomic mass is 32.2. The fraction of sp³-hybridized carbons (Fsp3) is 0.269. The second kappa shape index (κ2) is 9.74. The number of amides is 2. The Morgan fingerprint density at radius 1 is 1.12 bits per heavy atom. The molecule has 34 heavy (non-hydrogen) atoms. The first-order valence-corrected chi connectivity index (χ1v) is 12.6. The smallest absolute Gasteiger partial charge is 0.270 e. The number of benzene rings is 2. The topological polar surface area (TPSA) is 54.8 Å². The summed E-state index contributed by atoms with van der Waals surface area (Å²) in [7, 11) is 0. The molecule has 2 amide bonds. The van der Waals surface area contributed by atoms with E-state index in [4.69, 9.17) is 17.0 Å². The third kappa shape index (κ3) is 4.29. The Labute approximate surface area is 208 Å². The van der Waals surface area contributed by atoms with Gasteiger partial charge in [-0.2, -0.15) is 0 Å². The van der Waals surface area contributed by atoms with Gasteiger partial charge >= 0.3 is 0 Å². The van der Waals surface area contributed by atoms with E-state index in [2.05, 4.69) is 13.0 Å². The van der Waals surface area contributed by atoms with Crippen LogP contribution in [0.25, 0.3) is 17.0 Å². The number of nitrogens with zero attached hydrogens (tertiary/aromatic N) is 3. The maximum Gasteiger partial charge on any atom is 0.270 e. The molecule has 0 N–H and O–H groups in total. The molecule has 2 aliphatic heterocycles. The van der Waals surface area contributed by atoms with E-state index in [1.54, 1.807) is 4.90 Å². The molecule has 2 saturated heterocycles. The lowest BCUT2D eigenvalue weighted by Gasteiger charge is -2.27. The maximum absolute atomic E-state index is 13.2. The third-order valence-corrected chi connectivity index (χ3v) is 7.46. The first-order chi connectivity index (χ1) is 16.6. The molecule has 0 atom stereocenters. The van der Waals surface area contributed by atoms with Gasteiger partial charge < -0.3 is 14.2 Å². The number of hydrogen-bond donors (Lipinski definition) is 0. The van der Waals surface area contributed by atoms with Crippen molar-refractivity contribution in [2.45, 2.75) is 19.9 Å². The molecule has 0 radical (unpaired) electrons. The van der Waals surface area contributed by atoms with Gasteiger partial charge in [-0.25, -0.2) is 0 Å². The zero-order valence-corrected chi connectivity index (χ0v) is 20.5. The third-order valence-electron chi connectivity index (χ3n) is 6.16. The van der Waals surface area contributed by atoms with Crippen LogP contribution in [0.2, 0.25) is 0 Å². The molecule has 2 aliphatic rings. The molecule has 3 aromatic rings. The summed E-state index contributed by atoms with van der Waals surface area (Å²) in [4.78, 5) is 30.3. The van der Waals surface area contributed by atoms with Crippen LogP contribution >= 0.6 is 24.0 Å². The number of carbonyl (C=O) groups is 2. The zero-order valence-electron chi connectivity index (χ0n) is 18.9. The zero-order chi connectivity index (χ0) is 23.7. The fourth-order valence-electron chi connectivity index (χ4n) is 4.46. The van der Waals surface area contributed by atoms with Crippen molar-refractivity contribution in [2.75, 3.05) is 31.2 Å². The van der Waals surface area contributed by atoms with Gasteiger partial charge in [-0.15, -0.1) is 0 Å². The quantitative estimate of drug-likeness (QED) is 0.389. The molecule has 5 rings (SSSR count). The predicted molar refractivity (Wildman–Crippen MR) is 141 cm³/mol. The molecular weight excluding hydrogens is 466 g/mol. The summed E-state index contributed by atoms with van der Waals surface area (Å²) in [5.74, 6) is -0.0498. The van der Waals surface area contributed by atoms with Crippen LogP contribution in [0.3, 0.4) is 0 Å². The van der Waals surface area contributed by atoms with Gasteiger partial charge in [-0.1, -0.05) is 67.3 Å². The molecule has 6 nitrogen and oxygen atoms in total. The van der Waals surface area contributed by atoms with E-state index < -0.39 is 0 Å². The number of ether oxygens (including phenoxy) is 1. The van der Waals surface area contributed by atoms with Crippen molar-refractivity contribution in [3.05, 3.63) is 70.8 Å². The monoisotopic (exact) mass is 491 g/mol. The first-order valence-electron chi connectivity index (χ1n) is 11.4. The van der Waals surface area contributed by atoms with E-state index in [1.807, 2.05) is 64.2 Å². The van der Waals surface area contributed by atoms with Crippen LogP contribution in [0.5, 0.6) is 0 Å². The van der Waals surface area contributed by atoms with Crippen molar-refractivity contribution >= 4 is 62.8 Å². The van der Waals surface area contributed by atoms with E-state index in [-0.39, 0.29) is 18.4 Å². The molecule has 174 valence electrons. The van der Waals surface area contributed by atoms with Crippen LogP contribution < -0.4 is 4.90 Å². The van der Waals surface area contributed by atoms with Gasteiger partial charge in [-0.3, -0.25) is 14.5 Å². The normalized spacial score (nSPS) is 17.9. The van der Waals surface area contributed by atoms with Gasteiger partial charge in [0.15, 0.2) is 4.32 Å². The number of fused-ring (bicyclic) bond motifs is 1. The Balaban J connectivity index is 1.51. The Kier molecular flexibility index (Phi) is 6.54. The molecule has 0 unspecified atom stereocenters. The number of aromatic nitrogens is 1. The lowest BCUT2D eigenvalue weighted by Crippen LogP contribution is -2.42. The van der Waals surface area contributed by atoms with Crippen molar-refractivity contribution in [1.82, 2.24) is 9.47 Å². The fourth-order valence-corrected chi connectivity index (χ4v) is 5.75. The molecule has 0 bridgehead atoms. The summed E-state index contributed by atoms with van der Waals surface area (Å²) in [6.07, 6.45) is 4.74. The number of para-hydroxylation sites is 2. The predicted octanol–water partition coefficient (Wildman–Crippen LogP) is 4.47. The van der Waals surface area contributed by atoms with Crippen LogP contribution in [0.4, 0.5) is 5.69 Å². The number of rotatable bonds is 5. The highest BCUT2D eigenvalue weighted by molar-refractivity contribution is 8.27. The average Bonchev–Trinajstić information content (AvgIpc) is 3.36. The SMILES string of the molecule is CCc1cccc2c(/C=C3/SC(=S)N(c4ccccc4)C3=O)cn(CC(=O)N3CCOCC3)c12. The van der Waals surface area contributed by atoms with Crippen molar-refractivity contribution in [3.8, 4) is 0 Å². The van der Waals surface area contributed by atoms with Crippen molar-refractivity contribution in [1.29, 1.82) is 0 Å². The van der Waals surface area contributed by atoms with Crippen LogP contribution in [-0.2, 0) is 27.3 Å². The van der Waals surface area contributed by atoms with E-state index in [9.17, 15) is 9.59 Å². The van der Waals surface area contributed by atoms with Crippen LogP contribution in [-0.4, -0.2) is 51.9 Å². The Hall–Kier alpha value is -2.94. The number of morpholine rings is 1. The van der Waals surface area contributed by atoms with E-state index in [0.29, 0.717) is 35.5 Å². The summed E-state index contributed by atoms with van der Waals surface area (Å²) in [6, 6.07) is 15.6. The lowest BCUT2D eigenvalue weighted by atomic mass is 10.1. The molecule has 0 spiro atoms. The number of carbonyl (C=O) groups excluding carboxylic acids is 2. The number of aryl methyl sites for hydroxylation is 1. The van der Waals surface area contributed by atoms with Crippen molar-refractivity contribution in [3.63, 3.8) is 0 Å². The molecule has 1 aromatic heterocycles. The largest absolute Gasteiger partial charge is 0.378 e. The first kappa shape index (κ1) is 22.8. The minimum Gasteiger partial charge on any atom is -0.378 e. The maximum atomic E-state index is 13.2. The van der Waals surface area contributed by atoms with Gasteiger partial charge in [0, 0.05) is 30.2 Å². The average molecular weight is 492 g/mol. The van der Waals surface area contributed by atoms with E-state index in [0.717, 1.165) is 28.6 Å². The molecule has 3 heterocycles. The number of hydrogen-bond acceptors (Lipinski definition) is 5. The summed E-state index contributed by atoms with van der Waals surface area (Å²) >= 11 is 6.83.